The van der Waals surface area contributed by atoms with Gasteiger partial charge in [-0.2, -0.15) is 0 Å². The van der Waals surface area contributed by atoms with Gasteiger partial charge in [-0.3, -0.25) is 4.90 Å². The van der Waals surface area contributed by atoms with E-state index in [-0.39, 0.29) is 0 Å². The molecular formula is C17H20N4. The molecule has 0 unspecified atom stereocenters. The Labute approximate surface area is 125 Å². The summed E-state index contributed by atoms with van der Waals surface area (Å²) in [5.41, 5.74) is 1.35. The maximum absolute atomic E-state index is 4.17. The maximum Gasteiger partial charge on any atom is 0.146 e. The second-order valence-electron chi connectivity index (χ2n) is 5.52. The van der Waals surface area contributed by atoms with Gasteiger partial charge < -0.3 is 4.57 Å². The topological polar surface area (TPSA) is 34.0 Å². The first-order valence-corrected chi connectivity index (χ1v) is 7.17. The average molecular weight is 280 g/mol. The molecule has 4 heteroatoms. The number of fused-ring (bicyclic) bond motifs is 1. The van der Waals surface area contributed by atoms with Crippen LogP contribution in [0.25, 0.3) is 10.8 Å². The highest BCUT2D eigenvalue weighted by Gasteiger charge is 2.16. The van der Waals surface area contributed by atoms with Crippen LogP contribution in [-0.4, -0.2) is 26.7 Å². The van der Waals surface area contributed by atoms with Crippen LogP contribution in [0, 0.1) is 0 Å². The summed E-state index contributed by atoms with van der Waals surface area (Å²) in [6.45, 7) is 3.01. The number of nitrogens with zero attached hydrogens (tertiary/aromatic N) is 4. The van der Waals surface area contributed by atoms with Crippen molar-refractivity contribution in [3.8, 4) is 0 Å². The summed E-state index contributed by atoms with van der Waals surface area (Å²) < 4.78 is 1.96. The summed E-state index contributed by atoms with van der Waals surface area (Å²) in [4.78, 5) is 2.30. The molecule has 21 heavy (non-hydrogen) atoms. The molecule has 0 N–H and O–H groups in total. The molecule has 1 aromatic heterocycles. The molecule has 1 atom stereocenters. The summed E-state index contributed by atoms with van der Waals surface area (Å²) in [6.07, 6.45) is 1.74. The van der Waals surface area contributed by atoms with Crippen molar-refractivity contribution in [3.05, 3.63) is 60.2 Å². The van der Waals surface area contributed by atoms with Gasteiger partial charge in [0, 0.05) is 13.1 Å². The van der Waals surface area contributed by atoms with Crippen LogP contribution in [0.2, 0.25) is 0 Å². The molecule has 0 amide bonds. The van der Waals surface area contributed by atoms with Crippen LogP contribution in [0.1, 0.15) is 24.4 Å². The van der Waals surface area contributed by atoms with Gasteiger partial charge in [-0.25, -0.2) is 0 Å². The summed E-state index contributed by atoms with van der Waals surface area (Å²) in [5.74, 6) is 0.976. The normalized spacial score (nSPS) is 13.0. The van der Waals surface area contributed by atoms with Gasteiger partial charge in [0.25, 0.3) is 0 Å². The molecule has 2 aromatic carbocycles. The second kappa shape index (κ2) is 5.66. The summed E-state index contributed by atoms with van der Waals surface area (Å²) in [5, 5.41) is 10.7. The lowest BCUT2D eigenvalue weighted by molar-refractivity contribution is 0.245. The van der Waals surface area contributed by atoms with E-state index in [4.69, 9.17) is 0 Å². The molecule has 0 fully saturated rings. The van der Waals surface area contributed by atoms with Crippen molar-refractivity contribution in [1.29, 1.82) is 0 Å². The smallest absolute Gasteiger partial charge is 0.146 e. The molecular weight excluding hydrogens is 260 g/mol. The van der Waals surface area contributed by atoms with E-state index in [0.29, 0.717) is 6.04 Å². The molecule has 0 saturated carbocycles. The maximum atomic E-state index is 4.17. The molecule has 0 radical (unpaired) electrons. The average Bonchev–Trinajstić information content (AvgIpc) is 2.91. The SMILES string of the molecule is C[C@H](c1cccc2ccccc12)N(C)Cc1nncn1C. The zero-order valence-corrected chi connectivity index (χ0v) is 12.7. The predicted molar refractivity (Wildman–Crippen MR) is 84.8 cm³/mol. The van der Waals surface area contributed by atoms with E-state index in [2.05, 4.69) is 71.5 Å². The molecule has 0 aliphatic heterocycles. The molecule has 0 aliphatic rings. The highest BCUT2D eigenvalue weighted by Crippen LogP contribution is 2.27. The van der Waals surface area contributed by atoms with Crippen molar-refractivity contribution >= 4 is 10.8 Å². The third-order valence-electron chi connectivity index (χ3n) is 4.13. The highest BCUT2D eigenvalue weighted by molar-refractivity contribution is 5.86. The minimum absolute atomic E-state index is 0.313. The van der Waals surface area contributed by atoms with Crippen molar-refractivity contribution in [2.24, 2.45) is 7.05 Å². The zero-order valence-electron chi connectivity index (χ0n) is 12.7. The zero-order chi connectivity index (χ0) is 14.8. The predicted octanol–water partition coefficient (Wildman–Crippen LogP) is 3.16. The number of hydrogen-bond acceptors (Lipinski definition) is 3. The van der Waals surface area contributed by atoms with Crippen LogP contribution in [0.3, 0.4) is 0 Å². The number of aromatic nitrogens is 3. The molecule has 1 heterocycles. The Hall–Kier alpha value is -2.20. The van der Waals surface area contributed by atoms with Gasteiger partial charge in [-0.05, 0) is 30.3 Å². The van der Waals surface area contributed by atoms with E-state index in [0.717, 1.165) is 12.4 Å². The number of rotatable bonds is 4. The number of benzene rings is 2. The Morgan fingerprint density at radius 2 is 1.90 bits per heavy atom. The first-order valence-electron chi connectivity index (χ1n) is 7.17. The van der Waals surface area contributed by atoms with Crippen LogP contribution >= 0.6 is 0 Å². The van der Waals surface area contributed by atoms with E-state index in [9.17, 15) is 0 Å². The van der Waals surface area contributed by atoms with E-state index in [1.165, 1.54) is 16.3 Å². The van der Waals surface area contributed by atoms with Crippen LogP contribution < -0.4 is 0 Å². The summed E-state index contributed by atoms with van der Waals surface area (Å²) in [7, 11) is 4.10. The van der Waals surface area contributed by atoms with Gasteiger partial charge in [0.1, 0.15) is 12.2 Å². The van der Waals surface area contributed by atoms with Gasteiger partial charge in [0.2, 0.25) is 0 Å². The largest absolute Gasteiger partial charge is 0.320 e. The fraction of sp³-hybridized carbons (Fsp3) is 0.294. The lowest BCUT2D eigenvalue weighted by Crippen LogP contribution is -2.23. The lowest BCUT2D eigenvalue weighted by Gasteiger charge is -2.25. The van der Waals surface area contributed by atoms with Gasteiger partial charge in [0.05, 0.1) is 6.54 Å². The molecule has 0 aliphatic carbocycles. The Balaban J connectivity index is 1.89. The van der Waals surface area contributed by atoms with Crippen molar-refractivity contribution in [1.82, 2.24) is 19.7 Å². The monoisotopic (exact) mass is 280 g/mol. The number of aryl methyl sites for hydroxylation is 1. The Bertz CT molecular complexity index is 742. The molecule has 0 spiro atoms. The minimum atomic E-state index is 0.313. The molecule has 108 valence electrons. The fourth-order valence-electron chi connectivity index (χ4n) is 2.66. The van der Waals surface area contributed by atoms with Crippen LogP contribution in [0.4, 0.5) is 0 Å². The van der Waals surface area contributed by atoms with Crippen LogP contribution in [0.5, 0.6) is 0 Å². The van der Waals surface area contributed by atoms with Gasteiger partial charge in [-0.15, -0.1) is 10.2 Å². The Morgan fingerprint density at radius 3 is 2.67 bits per heavy atom. The first-order chi connectivity index (χ1) is 10.2. The third-order valence-corrected chi connectivity index (χ3v) is 4.13. The molecule has 3 aromatic rings. The second-order valence-corrected chi connectivity index (χ2v) is 5.52. The van der Waals surface area contributed by atoms with E-state index in [1.54, 1.807) is 6.33 Å². The summed E-state index contributed by atoms with van der Waals surface area (Å²) in [6, 6.07) is 15.3. The lowest BCUT2D eigenvalue weighted by atomic mass is 9.99. The molecule has 0 saturated heterocycles. The quantitative estimate of drug-likeness (QED) is 0.736. The van der Waals surface area contributed by atoms with Gasteiger partial charge in [-0.1, -0.05) is 42.5 Å². The van der Waals surface area contributed by atoms with Crippen molar-refractivity contribution in [2.45, 2.75) is 19.5 Å². The Kier molecular flexibility index (Phi) is 3.71. The number of hydrogen-bond donors (Lipinski definition) is 0. The highest BCUT2D eigenvalue weighted by atomic mass is 15.3. The van der Waals surface area contributed by atoms with E-state index >= 15 is 0 Å². The third kappa shape index (κ3) is 2.67. The first kappa shape index (κ1) is 13.8. The Morgan fingerprint density at radius 1 is 1.14 bits per heavy atom. The minimum Gasteiger partial charge on any atom is -0.320 e. The van der Waals surface area contributed by atoms with E-state index < -0.39 is 0 Å². The van der Waals surface area contributed by atoms with Crippen molar-refractivity contribution < 1.29 is 0 Å². The van der Waals surface area contributed by atoms with Crippen molar-refractivity contribution in [2.75, 3.05) is 7.05 Å². The van der Waals surface area contributed by atoms with Gasteiger partial charge in [0.15, 0.2) is 0 Å². The summed E-state index contributed by atoms with van der Waals surface area (Å²) >= 11 is 0. The fourth-order valence-corrected chi connectivity index (χ4v) is 2.66. The van der Waals surface area contributed by atoms with Gasteiger partial charge >= 0.3 is 0 Å². The molecule has 0 bridgehead atoms. The van der Waals surface area contributed by atoms with E-state index in [1.807, 2.05) is 11.6 Å². The molecule has 3 rings (SSSR count). The standard InChI is InChI=1S/C17H20N4/c1-13(20(2)11-17-19-18-12-21(17)3)15-10-6-8-14-7-4-5-9-16(14)15/h4-10,12-13H,11H2,1-3H3/t13-/m1/s1. The van der Waals surface area contributed by atoms with Crippen molar-refractivity contribution in [3.63, 3.8) is 0 Å². The van der Waals surface area contributed by atoms with Crippen LogP contribution in [0.15, 0.2) is 48.8 Å². The molecule has 4 nitrogen and oxygen atoms in total. The van der Waals surface area contributed by atoms with Crippen LogP contribution in [-0.2, 0) is 13.6 Å².